The SMILES string of the molecule is CCOc1ccc(/C(O)=C2/C(=O)C(=O)N(c3nnc(SCc4ccccc4F)s3)C2c2ccc(OC)c(OC)c2)cc1. The topological polar surface area (TPSA) is 111 Å². The van der Waals surface area contributed by atoms with E-state index in [1.165, 1.54) is 36.9 Å². The minimum Gasteiger partial charge on any atom is -0.507 e. The third-order valence-electron chi connectivity index (χ3n) is 6.52. The smallest absolute Gasteiger partial charge is 0.301 e. The second kappa shape index (κ2) is 12.6. The third kappa shape index (κ3) is 5.68. The molecule has 0 radical (unpaired) electrons. The van der Waals surface area contributed by atoms with Gasteiger partial charge in [-0.05, 0) is 60.5 Å². The number of rotatable bonds is 10. The van der Waals surface area contributed by atoms with Gasteiger partial charge < -0.3 is 19.3 Å². The van der Waals surface area contributed by atoms with Gasteiger partial charge in [-0.1, -0.05) is 47.4 Å². The zero-order valence-corrected chi connectivity index (χ0v) is 24.5. The van der Waals surface area contributed by atoms with E-state index in [0.717, 1.165) is 11.3 Å². The van der Waals surface area contributed by atoms with Gasteiger partial charge in [0.2, 0.25) is 5.13 Å². The van der Waals surface area contributed by atoms with E-state index in [0.29, 0.717) is 50.6 Å². The number of aromatic nitrogens is 2. The maximum Gasteiger partial charge on any atom is 0.301 e. The van der Waals surface area contributed by atoms with Gasteiger partial charge in [-0.3, -0.25) is 14.5 Å². The van der Waals surface area contributed by atoms with Crippen LogP contribution in [0, 0.1) is 5.82 Å². The molecule has 1 aliphatic rings. The van der Waals surface area contributed by atoms with Crippen molar-refractivity contribution >= 4 is 45.7 Å². The van der Waals surface area contributed by atoms with Crippen molar-refractivity contribution in [2.45, 2.75) is 23.1 Å². The maximum absolute atomic E-state index is 14.1. The van der Waals surface area contributed by atoms with Crippen LogP contribution in [0.1, 0.15) is 29.7 Å². The normalized spacial score (nSPS) is 16.1. The van der Waals surface area contributed by atoms with E-state index < -0.39 is 17.7 Å². The molecule has 1 aromatic heterocycles. The Balaban J connectivity index is 1.57. The molecule has 1 aliphatic heterocycles. The molecule has 1 N–H and O–H groups in total. The van der Waals surface area contributed by atoms with Gasteiger partial charge in [-0.25, -0.2) is 4.39 Å². The lowest BCUT2D eigenvalue weighted by Gasteiger charge is -2.23. The second-order valence-corrected chi connectivity index (χ2v) is 11.1. The standard InChI is InChI=1S/C30H26FN3O6S2/c1-4-40-20-12-9-17(10-13-20)26(35)24-25(18-11-14-22(38-2)23(15-18)39-3)34(28(37)27(24)36)29-32-33-30(42-29)41-16-19-7-5-6-8-21(19)31/h5-15,25,35H,4,16H2,1-3H3/b26-24-. The molecule has 2 heterocycles. The van der Waals surface area contributed by atoms with Crippen LogP contribution in [0.3, 0.4) is 0 Å². The Morgan fingerprint density at radius 3 is 2.45 bits per heavy atom. The molecular weight excluding hydrogens is 581 g/mol. The van der Waals surface area contributed by atoms with E-state index in [1.54, 1.807) is 60.7 Å². The van der Waals surface area contributed by atoms with Gasteiger partial charge in [0.25, 0.3) is 5.78 Å². The average molecular weight is 608 g/mol. The molecule has 1 saturated heterocycles. The Labute approximate surface area is 249 Å². The summed E-state index contributed by atoms with van der Waals surface area (Å²) in [5, 5.41) is 19.9. The summed E-state index contributed by atoms with van der Waals surface area (Å²) in [7, 11) is 2.97. The van der Waals surface area contributed by atoms with E-state index in [1.807, 2.05) is 6.92 Å². The summed E-state index contributed by atoms with van der Waals surface area (Å²) >= 11 is 2.35. The number of nitrogens with zero attached hydrogens (tertiary/aromatic N) is 3. The summed E-state index contributed by atoms with van der Waals surface area (Å²) in [5.74, 6) is -0.703. The molecule has 0 bridgehead atoms. The zero-order chi connectivity index (χ0) is 29.8. The zero-order valence-electron chi connectivity index (χ0n) is 22.9. The van der Waals surface area contributed by atoms with Gasteiger partial charge >= 0.3 is 5.91 Å². The highest BCUT2D eigenvalue weighted by Crippen LogP contribution is 2.45. The summed E-state index contributed by atoms with van der Waals surface area (Å²) < 4.78 is 30.9. The molecule has 9 nitrogen and oxygen atoms in total. The fourth-order valence-corrected chi connectivity index (χ4v) is 6.37. The molecule has 42 heavy (non-hydrogen) atoms. The number of carbonyl (C=O) groups is 2. The molecule has 216 valence electrons. The number of methoxy groups -OCH3 is 2. The molecule has 12 heteroatoms. The number of amides is 1. The van der Waals surface area contributed by atoms with Crippen LogP contribution < -0.4 is 19.1 Å². The summed E-state index contributed by atoms with van der Waals surface area (Å²) in [6, 6.07) is 16.9. The fraction of sp³-hybridized carbons (Fsp3) is 0.200. The molecule has 4 aromatic rings. The van der Waals surface area contributed by atoms with Crippen LogP contribution in [0.25, 0.3) is 5.76 Å². The first kappa shape index (κ1) is 29.1. The first-order valence-electron chi connectivity index (χ1n) is 12.8. The number of benzene rings is 3. The van der Waals surface area contributed by atoms with Crippen molar-refractivity contribution < 1.29 is 33.3 Å². The number of Topliss-reactive ketones (excluding diaryl/α,β-unsaturated/α-hetero) is 1. The van der Waals surface area contributed by atoms with Crippen LogP contribution in [0.2, 0.25) is 0 Å². The van der Waals surface area contributed by atoms with Gasteiger partial charge in [-0.15, -0.1) is 10.2 Å². The molecule has 3 aromatic carbocycles. The summed E-state index contributed by atoms with van der Waals surface area (Å²) in [5.41, 5.74) is 1.20. The molecule has 0 aliphatic carbocycles. The number of ether oxygens (including phenoxy) is 3. The van der Waals surface area contributed by atoms with Crippen LogP contribution in [0.15, 0.2) is 76.6 Å². The highest BCUT2D eigenvalue weighted by atomic mass is 32.2. The Kier molecular flexibility index (Phi) is 8.74. The Morgan fingerprint density at radius 1 is 1.02 bits per heavy atom. The Morgan fingerprint density at radius 2 is 1.76 bits per heavy atom. The number of aliphatic hydroxyl groups is 1. The van der Waals surface area contributed by atoms with Crippen molar-refractivity contribution in [3.8, 4) is 17.2 Å². The first-order chi connectivity index (χ1) is 20.4. The van der Waals surface area contributed by atoms with Crippen LogP contribution in [0.4, 0.5) is 9.52 Å². The van der Waals surface area contributed by atoms with Gasteiger partial charge in [-0.2, -0.15) is 0 Å². The minimum atomic E-state index is -1.05. The predicted octanol–water partition coefficient (Wildman–Crippen LogP) is 6.01. The number of carbonyl (C=O) groups excluding carboxylic acids is 2. The van der Waals surface area contributed by atoms with E-state index in [2.05, 4.69) is 10.2 Å². The number of thioether (sulfide) groups is 1. The van der Waals surface area contributed by atoms with Crippen molar-refractivity contribution in [3.05, 3.63) is 94.8 Å². The summed E-state index contributed by atoms with van der Waals surface area (Å²) in [6.07, 6.45) is 0. The second-order valence-electron chi connectivity index (χ2n) is 8.97. The van der Waals surface area contributed by atoms with Gasteiger partial charge in [0, 0.05) is 11.3 Å². The van der Waals surface area contributed by atoms with Crippen LogP contribution in [-0.2, 0) is 15.3 Å². The highest BCUT2D eigenvalue weighted by molar-refractivity contribution is 8.00. The Bertz CT molecular complexity index is 1660. The summed E-state index contributed by atoms with van der Waals surface area (Å²) in [6.45, 7) is 2.33. The molecule has 5 rings (SSSR count). The van der Waals surface area contributed by atoms with E-state index in [-0.39, 0.29) is 22.3 Å². The quantitative estimate of drug-likeness (QED) is 0.0762. The number of ketones is 1. The molecule has 1 amide bonds. The maximum atomic E-state index is 14.1. The van der Waals surface area contributed by atoms with E-state index >= 15 is 0 Å². The first-order valence-corrected chi connectivity index (χ1v) is 14.6. The van der Waals surface area contributed by atoms with Crippen LogP contribution >= 0.6 is 23.1 Å². The summed E-state index contributed by atoms with van der Waals surface area (Å²) in [4.78, 5) is 28.2. The van der Waals surface area contributed by atoms with E-state index in [9.17, 15) is 19.1 Å². The number of aliphatic hydroxyl groups excluding tert-OH is 1. The number of hydrogen-bond acceptors (Lipinski definition) is 10. The monoisotopic (exact) mass is 607 g/mol. The molecule has 0 saturated carbocycles. The lowest BCUT2D eigenvalue weighted by atomic mass is 9.95. The fourth-order valence-electron chi connectivity index (χ4n) is 4.51. The predicted molar refractivity (Wildman–Crippen MR) is 158 cm³/mol. The molecule has 1 fully saturated rings. The number of anilines is 1. The number of halogens is 1. The highest BCUT2D eigenvalue weighted by Gasteiger charge is 2.48. The molecular formula is C30H26FN3O6S2. The number of hydrogen-bond donors (Lipinski definition) is 1. The largest absolute Gasteiger partial charge is 0.507 e. The average Bonchev–Trinajstić information content (AvgIpc) is 3.58. The van der Waals surface area contributed by atoms with Gasteiger partial charge in [0.05, 0.1) is 32.4 Å². The molecule has 1 atom stereocenters. The molecule has 0 spiro atoms. The Hall–Kier alpha value is -4.42. The molecule has 1 unspecified atom stereocenters. The van der Waals surface area contributed by atoms with Crippen molar-refractivity contribution in [3.63, 3.8) is 0 Å². The minimum absolute atomic E-state index is 0.118. The lowest BCUT2D eigenvalue weighted by molar-refractivity contribution is -0.132. The lowest BCUT2D eigenvalue weighted by Crippen LogP contribution is -2.29. The van der Waals surface area contributed by atoms with Crippen molar-refractivity contribution in [1.82, 2.24) is 10.2 Å². The van der Waals surface area contributed by atoms with E-state index in [4.69, 9.17) is 14.2 Å². The third-order valence-corrected chi connectivity index (χ3v) is 8.62. The van der Waals surface area contributed by atoms with Crippen molar-refractivity contribution in [2.24, 2.45) is 0 Å². The van der Waals surface area contributed by atoms with Gasteiger partial charge in [0.1, 0.15) is 17.3 Å². The van der Waals surface area contributed by atoms with Crippen molar-refractivity contribution in [1.29, 1.82) is 0 Å². The van der Waals surface area contributed by atoms with Crippen molar-refractivity contribution in [2.75, 3.05) is 25.7 Å². The van der Waals surface area contributed by atoms with Crippen LogP contribution in [0.5, 0.6) is 17.2 Å². The van der Waals surface area contributed by atoms with Gasteiger partial charge in [0.15, 0.2) is 15.8 Å². The van der Waals surface area contributed by atoms with Crippen LogP contribution in [-0.4, -0.2) is 47.8 Å².